The van der Waals surface area contributed by atoms with Crippen molar-refractivity contribution in [2.75, 3.05) is 17.2 Å². The Bertz CT molecular complexity index is 1240. The number of hydrogen-bond donors (Lipinski definition) is 5. The summed E-state index contributed by atoms with van der Waals surface area (Å²) >= 11 is 2.33. The molecular weight excluding hydrogens is 472 g/mol. The van der Waals surface area contributed by atoms with Crippen LogP contribution in [0.1, 0.15) is 11.3 Å². The Balaban J connectivity index is 1.54. The Hall–Kier alpha value is -3.98. The second-order valence-electron chi connectivity index (χ2n) is 6.76. The van der Waals surface area contributed by atoms with Crippen molar-refractivity contribution >= 4 is 63.6 Å². The van der Waals surface area contributed by atoms with Crippen molar-refractivity contribution < 1.29 is 24.7 Å². The summed E-state index contributed by atoms with van der Waals surface area (Å²) in [6.45, 7) is 0. The maximum Gasteiger partial charge on any atom is 0.352 e. The number of allylic oxidation sites excluding steroid dienone is 1. The van der Waals surface area contributed by atoms with E-state index in [9.17, 15) is 24.7 Å². The number of rotatable bonds is 6. The molecule has 0 bridgehead atoms. The first-order chi connectivity index (χ1) is 15.8. The molecule has 2 aromatic heterocycles. The number of nitrogen functional groups attached to an aromatic ring is 2. The number of amides is 2. The Morgan fingerprint density at radius 1 is 1.33 bits per heavy atom. The molecule has 1 fully saturated rings. The molecule has 0 aliphatic carbocycles. The number of β-lactam (4-membered cyclic amide) rings is 1. The number of aliphatic carboxylic acids is 1. The molecule has 15 heteroatoms. The fourth-order valence-electron chi connectivity index (χ4n) is 3.26. The normalized spacial score (nSPS) is 20.5. The number of oxime groups is 1. The van der Waals surface area contributed by atoms with Gasteiger partial charge in [0.05, 0.1) is 0 Å². The van der Waals surface area contributed by atoms with Gasteiger partial charge in [-0.1, -0.05) is 11.2 Å². The summed E-state index contributed by atoms with van der Waals surface area (Å²) in [7, 11) is 0. The van der Waals surface area contributed by atoms with Crippen LogP contribution in [0.3, 0.4) is 0 Å². The van der Waals surface area contributed by atoms with E-state index in [1.807, 2.05) is 0 Å². The highest BCUT2D eigenvalue weighted by molar-refractivity contribution is 8.00. The summed E-state index contributed by atoms with van der Waals surface area (Å²) in [5.41, 5.74) is 11.7. The zero-order valence-electron chi connectivity index (χ0n) is 16.6. The quantitative estimate of drug-likeness (QED) is 0.154. The number of carbonyl (C=O) groups excluding carboxylic acids is 2. The number of carbonyl (C=O) groups is 3. The third kappa shape index (κ3) is 4.10. The molecule has 0 saturated carbocycles. The van der Waals surface area contributed by atoms with Crippen LogP contribution in [0.4, 0.5) is 10.9 Å². The van der Waals surface area contributed by atoms with Gasteiger partial charge in [0.1, 0.15) is 35.0 Å². The van der Waals surface area contributed by atoms with Gasteiger partial charge in [-0.25, -0.2) is 19.7 Å². The second-order valence-corrected chi connectivity index (χ2v) is 8.75. The van der Waals surface area contributed by atoms with Crippen LogP contribution in [0, 0.1) is 0 Å². The maximum atomic E-state index is 12.8. The average molecular weight is 489 g/mol. The molecular formula is C18H16N8O5S2. The fraction of sp³-hybridized carbons (Fsp3) is 0.167. The van der Waals surface area contributed by atoms with Crippen LogP contribution in [0.2, 0.25) is 0 Å². The van der Waals surface area contributed by atoms with Gasteiger partial charge < -0.3 is 27.1 Å². The van der Waals surface area contributed by atoms with E-state index in [4.69, 9.17) is 11.5 Å². The van der Waals surface area contributed by atoms with Crippen LogP contribution in [-0.4, -0.2) is 70.8 Å². The highest BCUT2D eigenvalue weighted by atomic mass is 32.2. The molecule has 2 amide bonds. The van der Waals surface area contributed by atoms with E-state index in [0.717, 1.165) is 16.2 Å². The molecule has 2 aromatic rings. The number of hydrogen-bond acceptors (Lipinski definition) is 12. The summed E-state index contributed by atoms with van der Waals surface area (Å²) in [5, 5.41) is 25.4. The number of carboxylic acids is 1. The number of nitrogens with zero attached hydrogens (tertiary/aromatic N) is 5. The van der Waals surface area contributed by atoms with Crippen LogP contribution in [0.15, 0.2) is 40.4 Å². The second kappa shape index (κ2) is 8.87. The lowest BCUT2D eigenvalue weighted by Gasteiger charge is -2.49. The average Bonchev–Trinajstić information content (AvgIpc) is 3.22. The SMILES string of the molecule is Nc1nc(/C(=N/O)C(=O)N[C@@H]2C(=O)N3C(C(=O)O)=C(/C=C/c4cncnc4N)CS[C@@H]23)cs1. The van der Waals surface area contributed by atoms with Crippen LogP contribution in [-0.2, 0) is 14.4 Å². The fourth-order valence-corrected chi connectivity index (χ4v) is 5.12. The van der Waals surface area contributed by atoms with Gasteiger partial charge in [-0.3, -0.25) is 14.5 Å². The van der Waals surface area contributed by atoms with Gasteiger partial charge in [-0.2, -0.15) is 0 Å². The lowest BCUT2D eigenvalue weighted by molar-refractivity contribution is -0.150. The Morgan fingerprint density at radius 3 is 2.76 bits per heavy atom. The molecule has 1 saturated heterocycles. The Morgan fingerprint density at radius 2 is 2.12 bits per heavy atom. The van der Waals surface area contributed by atoms with Crippen LogP contribution in [0.5, 0.6) is 0 Å². The van der Waals surface area contributed by atoms with Gasteiger partial charge >= 0.3 is 5.97 Å². The van der Waals surface area contributed by atoms with Crippen molar-refractivity contribution in [3.63, 3.8) is 0 Å². The van der Waals surface area contributed by atoms with E-state index < -0.39 is 34.9 Å². The van der Waals surface area contributed by atoms with E-state index in [1.54, 1.807) is 12.2 Å². The number of thiazole rings is 1. The summed E-state index contributed by atoms with van der Waals surface area (Å²) < 4.78 is 0. The van der Waals surface area contributed by atoms with E-state index in [1.165, 1.54) is 29.7 Å². The van der Waals surface area contributed by atoms with E-state index in [0.29, 0.717) is 11.1 Å². The van der Waals surface area contributed by atoms with Gasteiger partial charge in [0.2, 0.25) is 0 Å². The molecule has 7 N–H and O–H groups in total. The third-order valence-electron chi connectivity index (χ3n) is 4.80. The lowest BCUT2D eigenvalue weighted by Crippen LogP contribution is -2.71. The largest absolute Gasteiger partial charge is 0.477 e. The Kier molecular flexibility index (Phi) is 5.97. The molecule has 13 nitrogen and oxygen atoms in total. The van der Waals surface area contributed by atoms with Crippen molar-refractivity contribution in [3.8, 4) is 0 Å². The monoisotopic (exact) mass is 488 g/mol. The highest BCUT2D eigenvalue weighted by Gasteiger charge is 2.54. The number of thioether (sulfide) groups is 1. The lowest BCUT2D eigenvalue weighted by atomic mass is 10.0. The number of fused-ring (bicyclic) bond motifs is 1. The number of anilines is 2. The van der Waals surface area contributed by atoms with Gasteiger partial charge in [0, 0.05) is 22.9 Å². The molecule has 2 aliphatic rings. The number of nitrogens with two attached hydrogens (primary N) is 2. The summed E-state index contributed by atoms with van der Waals surface area (Å²) in [6, 6.07) is -1.01. The maximum absolute atomic E-state index is 12.8. The first kappa shape index (κ1) is 22.2. The number of aromatic nitrogens is 3. The summed E-state index contributed by atoms with van der Waals surface area (Å²) in [6.07, 6.45) is 5.89. The molecule has 170 valence electrons. The predicted octanol–water partition coefficient (Wildman–Crippen LogP) is -0.272. The number of nitrogens with one attached hydrogen (secondary N) is 1. The molecule has 4 heterocycles. The van der Waals surface area contributed by atoms with E-state index in [2.05, 4.69) is 25.4 Å². The first-order valence-electron chi connectivity index (χ1n) is 9.20. The molecule has 0 unspecified atom stereocenters. The van der Waals surface area contributed by atoms with E-state index in [-0.39, 0.29) is 28.1 Å². The van der Waals surface area contributed by atoms with Crippen molar-refractivity contribution in [2.24, 2.45) is 5.16 Å². The molecule has 2 aliphatic heterocycles. The van der Waals surface area contributed by atoms with Gasteiger partial charge in [0.25, 0.3) is 11.8 Å². The van der Waals surface area contributed by atoms with Crippen LogP contribution in [0.25, 0.3) is 6.08 Å². The molecule has 0 radical (unpaired) electrons. The zero-order valence-corrected chi connectivity index (χ0v) is 18.2. The summed E-state index contributed by atoms with van der Waals surface area (Å²) in [4.78, 5) is 50.0. The van der Waals surface area contributed by atoms with E-state index >= 15 is 0 Å². The van der Waals surface area contributed by atoms with Gasteiger partial charge in [-0.05, 0) is 11.6 Å². The summed E-state index contributed by atoms with van der Waals surface area (Å²) in [5.74, 6) is -2.25. The topological polar surface area (TPSA) is 210 Å². The zero-order chi connectivity index (χ0) is 23.7. The van der Waals surface area contributed by atoms with Crippen LogP contribution >= 0.6 is 23.1 Å². The molecule has 4 rings (SSSR count). The first-order valence-corrected chi connectivity index (χ1v) is 11.1. The predicted molar refractivity (Wildman–Crippen MR) is 120 cm³/mol. The standard InChI is InChI=1S/C18H16N8O5S2/c19-13-7(3-21-6-22-13)1-2-8-4-32-16-11(15(28)26(16)12(8)17(29)30)24-14(27)10(25-31)9-5-33-18(20)23-9/h1-3,5-6,11,16,31H,4H2,(H2,20,23)(H,24,27)(H,29,30)(H2,19,21,22)/b2-1+,25-10-/t11-,16+/m1/s1. The molecule has 2 atom stereocenters. The van der Waals surface area contributed by atoms with Crippen molar-refractivity contribution in [2.45, 2.75) is 11.4 Å². The minimum Gasteiger partial charge on any atom is -0.477 e. The van der Waals surface area contributed by atoms with Crippen molar-refractivity contribution in [1.82, 2.24) is 25.2 Å². The smallest absolute Gasteiger partial charge is 0.352 e. The Labute approximate surface area is 193 Å². The van der Waals surface area contributed by atoms with Gasteiger partial charge in [0.15, 0.2) is 10.8 Å². The minimum atomic E-state index is -1.29. The highest BCUT2D eigenvalue weighted by Crippen LogP contribution is 2.40. The molecule has 0 spiro atoms. The molecule has 0 aromatic carbocycles. The minimum absolute atomic E-state index is 0.0557. The van der Waals surface area contributed by atoms with Crippen molar-refractivity contribution in [3.05, 3.63) is 46.5 Å². The third-order valence-corrected chi connectivity index (χ3v) is 6.78. The van der Waals surface area contributed by atoms with Gasteiger partial charge in [-0.15, -0.1) is 23.1 Å². The van der Waals surface area contributed by atoms with Crippen molar-refractivity contribution in [1.29, 1.82) is 0 Å². The van der Waals surface area contributed by atoms with Crippen LogP contribution < -0.4 is 16.8 Å². The molecule has 33 heavy (non-hydrogen) atoms. The number of carboxylic acid groups (broad SMARTS) is 1.